The Morgan fingerprint density at radius 3 is 2.58 bits per heavy atom. The van der Waals surface area contributed by atoms with Gasteiger partial charge in [-0.25, -0.2) is 9.07 Å². The summed E-state index contributed by atoms with van der Waals surface area (Å²) >= 11 is 0. The Bertz CT molecular complexity index is 872. The summed E-state index contributed by atoms with van der Waals surface area (Å²) in [5.41, 5.74) is 2.81. The smallest absolute Gasteiger partial charge is 0.255 e. The molecule has 0 saturated heterocycles. The topological polar surface area (TPSA) is 56.1 Å². The zero-order chi connectivity index (χ0) is 17.1. The number of rotatable bonds is 4. The molecule has 1 amide bonds. The molecule has 1 heterocycles. The summed E-state index contributed by atoms with van der Waals surface area (Å²) in [6.45, 7) is 1.96. The van der Waals surface area contributed by atoms with E-state index in [1.54, 1.807) is 23.0 Å². The first-order valence-corrected chi connectivity index (χ1v) is 7.33. The van der Waals surface area contributed by atoms with Crippen LogP contribution in [0.4, 0.5) is 10.1 Å². The first-order chi connectivity index (χ1) is 11.6. The van der Waals surface area contributed by atoms with Gasteiger partial charge in [0.25, 0.3) is 5.91 Å². The van der Waals surface area contributed by atoms with E-state index >= 15 is 0 Å². The van der Waals surface area contributed by atoms with Gasteiger partial charge in [0, 0.05) is 17.8 Å². The maximum absolute atomic E-state index is 13.2. The van der Waals surface area contributed by atoms with Gasteiger partial charge in [-0.05, 0) is 48.9 Å². The van der Waals surface area contributed by atoms with E-state index < -0.39 is 5.82 Å². The first-order valence-electron chi connectivity index (χ1n) is 7.33. The summed E-state index contributed by atoms with van der Waals surface area (Å²) < 4.78 is 20.0. The molecule has 1 aromatic heterocycles. The zero-order valence-electron chi connectivity index (χ0n) is 13.3. The molecule has 2 aromatic carbocycles. The minimum Gasteiger partial charge on any atom is -0.494 e. The van der Waals surface area contributed by atoms with Gasteiger partial charge in [-0.15, -0.1) is 0 Å². The highest BCUT2D eigenvalue weighted by molar-refractivity contribution is 6.05. The highest BCUT2D eigenvalue weighted by atomic mass is 19.1. The Hall–Kier alpha value is -3.15. The summed E-state index contributed by atoms with van der Waals surface area (Å²) in [5, 5.41) is 6.94. The molecule has 5 nitrogen and oxygen atoms in total. The van der Waals surface area contributed by atoms with Crippen LogP contribution < -0.4 is 10.1 Å². The number of nitrogens with zero attached hydrogens (tertiary/aromatic N) is 2. The van der Waals surface area contributed by atoms with E-state index in [1.807, 2.05) is 25.3 Å². The van der Waals surface area contributed by atoms with Crippen LogP contribution in [0.3, 0.4) is 0 Å². The fourth-order valence-electron chi connectivity index (χ4n) is 2.28. The van der Waals surface area contributed by atoms with Crippen LogP contribution in [0.15, 0.2) is 54.9 Å². The van der Waals surface area contributed by atoms with E-state index in [-0.39, 0.29) is 11.7 Å². The van der Waals surface area contributed by atoms with Crippen LogP contribution in [0.5, 0.6) is 5.75 Å². The lowest BCUT2D eigenvalue weighted by atomic mass is 10.2. The van der Waals surface area contributed by atoms with Crippen LogP contribution >= 0.6 is 0 Å². The van der Waals surface area contributed by atoms with Crippen molar-refractivity contribution in [3.8, 4) is 11.4 Å². The summed E-state index contributed by atoms with van der Waals surface area (Å²) in [6.07, 6.45) is 3.67. The van der Waals surface area contributed by atoms with Crippen LogP contribution in [0, 0.1) is 12.7 Å². The van der Waals surface area contributed by atoms with Crippen LogP contribution in [-0.2, 0) is 0 Å². The van der Waals surface area contributed by atoms with Crippen molar-refractivity contribution in [3.05, 3.63) is 71.8 Å². The predicted octanol–water partition coefficient (Wildman–Crippen LogP) is 3.58. The largest absolute Gasteiger partial charge is 0.494 e. The van der Waals surface area contributed by atoms with Crippen molar-refractivity contribution in [1.29, 1.82) is 0 Å². The third kappa shape index (κ3) is 3.27. The zero-order valence-corrected chi connectivity index (χ0v) is 13.3. The Morgan fingerprint density at radius 1 is 1.21 bits per heavy atom. The van der Waals surface area contributed by atoms with Crippen molar-refractivity contribution >= 4 is 11.6 Å². The number of ether oxygens (including phenoxy) is 1. The average molecular weight is 325 g/mol. The van der Waals surface area contributed by atoms with Crippen molar-refractivity contribution in [2.24, 2.45) is 0 Å². The number of aryl methyl sites for hydroxylation is 1. The number of anilines is 1. The number of amides is 1. The minimum absolute atomic E-state index is 0.270. The molecule has 0 aliphatic rings. The summed E-state index contributed by atoms with van der Waals surface area (Å²) in [7, 11) is 1.42. The first kappa shape index (κ1) is 15.7. The average Bonchev–Trinajstić information content (AvgIpc) is 3.03. The molecule has 122 valence electrons. The number of methoxy groups -OCH3 is 1. The Labute approximate surface area is 138 Å². The number of nitrogens with one attached hydrogen (secondary N) is 1. The van der Waals surface area contributed by atoms with Gasteiger partial charge in [0.1, 0.15) is 11.6 Å². The molecule has 1 N–H and O–H groups in total. The van der Waals surface area contributed by atoms with E-state index in [1.165, 1.54) is 25.3 Å². The molecule has 0 radical (unpaired) electrons. The lowest BCUT2D eigenvalue weighted by Gasteiger charge is -2.10. The second-order valence-corrected chi connectivity index (χ2v) is 5.31. The number of aromatic nitrogens is 2. The summed E-state index contributed by atoms with van der Waals surface area (Å²) in [5.74, 6) is -0.459. The van der Waals surface area contributed by atoms with Gasteiger partial charge < -0.3 is 10.1 Å². The van der Waals surface area contributed by atoms with E-state index in [0.29, 0.717) is 11.3 Å². The fourth-order valence-corrected chi connectivity index (χ4v) is 2.28. The predicted molar refractivity (Wildman–Crippen MR) is 89.2 cm³/mol. The van der Waals surface area contributed by atoms with Crippen LogP contribution in [0.1, 0.15) is 15.9 Å². The standard InChI is InChI=1S/C18H16FN3O2/c1-12-10-20-22(11-12)15-6-3-13(4-7-15)18(23)21-16-8-5-14(19)9-17(16)24-2/h3-11H,1-2H3,(H,21,23). The molecule has 0 aliphatic heterocycles. The Balaban J connectivity index is 1.78. The second-order valence-electron chi connectivity index (χ2n) is 5.31. The van der Waals surface area contributed by atoms with Gasteiger partial charge in [-0.2, -0.15) is 5.10 Å². The van der Waals surface area contributed by atoms with Gasteiger partial charge in [0.2, 0.25) is 0 Å². The van der Waals surface area contributed by atoms with E-state index in [9.17, 15) is 9.18 Å². The number of hydrogen-bond acceptors (Lipinski definition) is 3. The number of benzene rings is 2. The molecule has 6 heteroatoms. The molecule has 3 aromatic rings. The third-order valence-corrected chi connectivity index (χ3v) is 3.52. The second kappa shape index (κ2) is 6.54. The SMILES string of the molecule is COc1cc(F)ccc1NC(=O)c1ccc(-n2cc(C)cn2)cc1. The molecule has 0 atom stereocenters. The molecule has 0 fully saturated rings. The van der Waals surface area contributed by atoms with Gasteiger partial charge in [0.05, 0.1) is 24.7 Å². The molecule has 24 heavy (non-hydrogen) atoms. The molecule has 0 spiro atoms. The normalized spacial score (nSPS) is 10.5. The van der Waals surface area contributed by atoms with Crippen molar-refractivity contribution in [1.82, 2.24) is 9.78 Å². The lowest BCUT2D eigenvalue weighted by molar-refractivity contribution is 0.102. The van der Waals surface area contributed by atoms with E-state index in [2.05, 4.69) is 10.4 Å². The lowest BCUT2D eigenvalue weighted by Crippen LogP contribution is -2.12. The molecule has 0 bridgehead atoms. The number of hydrogen-bond donors (Lipinski definition) is 1. The van der Waals surface area contributed by atoms with Crippen molar-refractivity contribution in [2.75, 3.05) is 12.4 Å². The van der Waals surface area contributed by atoms with Crippen LogP contribution in [0.25, 0.3) is 5.69 Å². The molecule has 0 aliphatic carbocycles. The maximum Gasteiger partial charge on any atom is 0.255 e. The summed E-state index contributed by atoms with van der Waals surface area (Å²) in [4.78, 5) is 12.3. The molecular formula is C18H16FN3O2. The van der Waals surface area contributed by atoms with Gasteiger partial charge in [-0.1, -0.05) is 0 Å². The van der Waals surface area contributed by atoms with Gasteiger partial charge in [0.15, 0.2) is 0 Å². The third-order valence-electron chi connectivity index (χ3n) is 3.52. The Morgan fingerprint density at radius 2 is 1.96 bits per heavy atom. The van der Waals surface area contributed by atoms with Crippen LogP contribution in [0.2, 0.25) is 0 Å². The number of carbonyl (C=O) groups is 1. The monoisotopic (exact) mass is 325 g/mol. The Kier molecular flexibility index (Phi) is 4.29. The van der Waals surface area contributed by atoms with Crippen molar-refractivity contribution < 1.29 is 13.9 Å². The maximum atomic E-state index is 13.2. The highest BCUT2D eigenvalue weighted by Gasteiger charge is 2.11. The molecular weight excluding hydrogens is 309 g/mol. The quantitative estimate of drug-likeness (QED) is 0.797. The van der Waals surface area contributed by atoms with Gasteiger partial charge in [-0.3, -0.25) is 4.79 Å². The molecule has 3 rings (SSSR count). The van der Waals surface area contributed by atoms with Crippen molar-refractivity contribution in [3.63, 3.8) is 0 Å². The molecule has 0 unspecified atom stereocenters. The molecule has 0 saturated carbocycles. The van der Waals surface area contributed by atoms with Crippen molar-refractivity contribution in [2.45, 2.75) is 6.92 Å². The van der Waals surface area contributed by atoms with Crippen LogP contribution in [-0.4, -0.2) is 22.8 Å². The summed E-state index contributed by atoms with van der Waals surface area (Å²) in [6, 6.07) is 11.0. The number of halogens is 1. The fraction of sp³-hybridized carbons (Fsp3) is 0.111. The number of carbonyl (C=O) groups excluding carboxylic acids is 1. The minimum atomic E-state index is -0.427. The highest BCUT2D eigenvalue weighted by Crippen LogP contribution is 2.25. The van der Waals surface area contributed by atoms with Gasteiger partial charge >= 0.3 is 0 Å². The van der Waals surface area contributed by atoms with E-state index in [0.717, 1.165) is 11.3 Å². The van der Waals surface area contributed by atoms with E-state index in [4.69, 9.17) is 4.74 Å².